The predicted octanol–water partition coefficient (Wildman–Crippen LogP) is 6.02. The van der Waals surface area contributed by atoms with Crippen LogP contribution in [0, 0.1) is 18.6 Å². The van der Waals surface area contributed by atoms with E-state index in [4.69, 9.17) is 4.52 Å². The molecule has 0 radical (unpaired) electrons. The van der Waals surface area contributed by atoms with E-state index in [9.17, 15) is 13.6 Å². The normalized spacial score (nSPS) is 15.9. The lowest BCUT2D eigenvalue weighted by Crippen LogP contribution is -2.45. The van der Waals surface area contributed by atoms with Crippen LogP contribution in [0.5, 0.6) is 0 Å². The van der Waals surface area contributed by atoms with E-state index in [1.165, 1.54) is 23.1 Å². The average molecular weight is 472 g/mol. The van der Waals surface area contributed by atoms with E-state index in [1.807, 2.05) is 31.2 Å². The molecule has 0 saturated carbocycles. The first-order chi connectivity index (χ1) is 16.9. The average Bonchev–Trinajstić information content (AvgIpc) is 3.32. The topological polar surface area (TPSA) is 71.3 Å². The van der Waals surface area contributed by atoms with Gasteiger partial charge in [-0.15, -0.1) is 0 Å². The Bertz CT molecular complexity index is 1450. The summed E-state index contributed by atoms with van der Waals surface area (Å²) in [5.74, 6) is -0.277. The van der Waals surface area contributed by atoms with Crippen LogP contribution in [0.3, 0.4) is 0 Å². The van der Waals surface area contributed by atoms with E-state index in [1.54, 1.807) is 37.3 Å². The molecule has 5 rings (SSSR count). The van der Waals surface area contributed by atoms with Gasteiger partial charge < -0.3 is 9.84 Å². The molecule has 4 aromatic rings. The molecule has 176 valence electrons. The molecule has 2 heterocycles. The zero-order chi connectivity index (χ0) is 24.5. The molecule has 3 aromatic carbocycles. The van der Waals surface area contributed by atoms with Crippen molar-refractivity contribution in [1.29, 1.82) is 0 Å². The van der Waals surface area contributed by atoms with Crippen LogP contribution in [0.4, 0.5) is 13.6 Å². The van der Waals surface area contributed by atoms with Crippen molar-refractivity contribution in [3.63, 3.8) is 0 Å². The third-order valence-electron chi connectivity index (χ3n) is 6.00. The molecule has 0 fully saturated rings. The van der Waals surface area contributed by atoms with Crippen LogP contribution in [0.25, 0.3) is 17.0 Å². The number of nitrogens with one attached hydrogen (secondary N) is 1. The molecule has 1 unspecified atom stereocenters. The van der Waals surface area contributed by atoms with Gasteiger partial charge in [-0.3, -0.25) is 4.90 Å². The third-order valence-corrected chi connectivity index (χ3v) is 6.00. The first kappa shape index (κ1) is 22.5. The van der Waals surface area contributed by atoms with Crippen LogP contribution in [0.15, 0.2) is 83.0 Å². The summed E-state index contributed by atoms with van der Waals surface area (Å²) >= 11 is 0. The van der Waals surface area contributed by atoms with Crippen molar-refractivity contribution in [3.05, 3.63) is 113 Å². The lowest BCUT2D eigenvalue weighted by atomic mass is 9.94. The van der Waals surface area contributed by atoms with Gasteiger partial charge in [0, 0.05) is 16.8 Å². The number of hydrogen-bond acceptors (Lipinski definition) is 4. The van der Waals surface area contributed by atoms with Crippen LogP contribution < -0.4 is 5.32 Å². The maximum absolute atomic E-state index is 14.4. The summed E-state index contributed by atoms with van der Waals surface area (Å²) in [6, 6.07) is 18.7. The quantitative estimate of drug-likeness (QED) is 0.386. The molecular formula is C27H22F2N4O2. The van der Waals surface area contributed by atoms with Gasteiger partial charge in [-0.1, -0.05) is 59.3 Å². The van der Waals surface area contributed by atoms with Crippen LogP contribution in [-0.4, -0.2) is 21.1 Å². The molecule has 1 aromatic heterocycles. The molecule has 1 N–H and O–H groups in total. The first-order valence-electron chi connectivity index (χ1n) is 11.1. The number of urea groups is 1. The van der Waals surface area contributed by atoms with E-state index >= 15 is 0 Å². The van der Waals surface area contributed by atoms with Crippen LogP contribution in [0.1, 0.15) is 35.5 Å². The molecule has 35 heavy (non-hydrogen) atoms. The van der Waals surface area contributed by atoms with E-state index in [2.05, 4.69) is 15.5 Å². The Labute approximate surface area is 200 Å². The second kappa shape index (κ2) is 9.13. The number of rotatable bonds is 5. The molecule has 1 aliphatic rings. The molecule has 6 nitrogen and oxygen atoms in total. The van der Waals surface area contributed by atoms with Crippen molar-refractivity contribution in [2.24, 2.45) is 0 Å². The summed E-state index contributed by atoms with van der Waals surface area (Å²) in [5.41, 5.74) is 3.72. The second-order valence-electron chi connectivity index (χ2n) is 8.41. The minimum Gasteiger partial charge on any atom is -0.334 e. The lowest BCUT2D eigenvalue weighted by Gasteiger charge is -2.35. The van der Waals surface area contributed by atoms with Gasteiger partial charge in [-0.05, 0) is 43.7 Å². The van der Waals surface area contributed by atoms with E-state index < -0.39 is 23.7 Å². The Hall–Kier alpha value is -4.33. The van der Waals surface area contributed by atoms with Gasteiger partial charge in [0.25, 0.3) is 5.89 Å². The molecule has 0 spiro atoms. The zero-order valence-corrected chi connectivity index (χ0v) is 19.1. The van der Waals surface area contributed by atoms with Gasteiger partial charge in [-0.2, -0.15) is 4.98 Å². The number of carbonyl (C=O) groups is 1. The lowest BCUT2D eigenvalue weighted by molar-refractivity contribution is 0.202. The summed E-state index contributed by atoms with van der Waals surface area (Å²) in [6.45, 7) is 3.70. The number of aryl methyl sites for hydroxylation is 1. The maximum atomic E-state index is 14.4. The summed E-state index contributed by atoms with van der Waals surface area (Å²) in [7, 11) is 0. The predicted molar refractivity (Wildman–Crippen MR) is 127 cm³/mol. The van der Waals surface area contributed by atoms with Crippen molar-refractivity contribution in [2.45, 2.75) is 26.4 Å². The van der Waals surface area contributed by atoms with Crippen molar-refractivity contribution in [1.82, 2.24) is 20.4 Å². The Morgan fingerprint density at radius 2 is 1.80 bits per heavy atom. The fraction of sp³-hybridized carbons (Fsp3) is 0.148. The van der Waals surface area contributed by atoms with Crippen molar-refractivity contribution < 1.29 is 18.1 Å². The molecule has 8 heteroatoms. The fourth-order valence-corrected chi connectivity index (χ4v) is 4.22. The van der Waals surface area contributed by atoms with Crippen molar-refractivity contribution >= 4 is 11.6 Å². The number of nitrogens with zero attached hydrogens (tertiary/aromatic N) is 3. The highest BCUT2D eigenvalue weighted by Gasteiger charge is 2.36. The monoisotopic (exact) mass is 472 g/mol. The minimum absolute atomic E-state index is 0.00256. The van der Waals surface area contributed by atoms with Crippen LogP contribution in [-0.2, 0) is 6.54 Å². The molecule has 0 bridgehead atoms. The third kappa shape index (κ3) is 4.42. The van der Waals surface area contributed by atoms with E-state index in [0.717, 1.165) is 11.1 Å². The van der Waals surface area contributed by atoms with Crippen molar-refractivity contribution in [2.75, 3.05) is 0 Å². The number of benzene rings is 3. The zero-order valence-electron chi connectivity index (χ0n) is 19.1. The molecule has 0 saturated heterocycles. The Balaban J connectivity index is 1.62. The Morgan fingerprint density at radius 1 is 1.00 bits per heavy atom. The van der Waals surface area contributed by atoms with Gasteiger partial charge in [0.2, 0.25) is 5.82 Å². The van der Waals surface area contributed by atoms with Gasteiger partial charge in [0.1, 0.15) is 11.6 Å². The Kier molecular flexibility index (Phi) is 5.86. The SMILES string of the molecule is CC1=C(c2nc(-c3cccc(C)c3)no2)C(c2cccc(F)c2)NC(=O)N1Cc1ccccc1F. The number of amides is 2. The second-order valence-corrected chi connectivity index (χ2v) is 8.41. The molecule has 2 amide bonds. The van der Waals surface area contributed by atoms with Crippen molar-refractivity contribution in [3.8, 4) is 11.4 Å². The minimum atomic E-state index is -0.735. The summed E-state index contributed by atoms with van der Waals surface area (Å²) in [4.78, 5) is 19.1. The maximum Gasteiger partial charge on any atom is 0.322 e. The first-order valence-corrected chi connectivity index (χ1v) is 11.1. The molecular weight excluding hydrogens is 450 g/mol. The summed E-state index contributed by atoms with van der Waals surface area (Å²) in [5, 5.41) is 7.04. The van der Waals surface area contributed by atoms with E-state index in [0.29, 0.717) is 28.2 Å². The fourth-order valence-electron chi connectivity index (χ4n) is 4.22. The van der Waals surface area contributed by atoms with Gasteiger partial charge in [0.05, 0.1) is 18.2 Å². The summed E-state index contributed by atoms with van der Waals surface area (Å²) < 4.78 is 34.1. The largest absolute Gasteiger partial charge is 0.334 e. The van der Waals surface area contributed by atoms with Gasteiger partial charge in [0.15, 0.2) is 0 Å². The smallest absolute Gasteiger partial charge is 0.322 e. The van der Waals surface area contributed by atoms with Crippen LogP contribution >= 0.6 is 0 Å². The molecule has 1 atom stereocenters. The molecule has 0 aliphatic carbocycles. The number of aromatic nitrogens is 2. The number of allylic oxidation sites excluding steroid dienone is 1. The van der Waals surface area contributed by atoms with Gasteiger partial charge >= 0.3 is 6.03 Å². The van der Waals surface area contributed by atoms with Crippen LogP contribution in [0.2, 0.25) is 0 Å². The number of carbonyl (C=O) groups excluding carboxylic acids is 1. The highest BCUT2D eigenvalue weighted by molar-refractivity contribution is 5.86. The number of halogens is 2. The highest BCUT2D eigenvalue weighted by Crippen LogP contribution is 2.38. The number of hydrogen-bond donors (Lipinski definition) is 1. The molecule has 1 aliphatic heterocycles. The highest BCUT2D eigenvalue weighted by atomic mass is 19.1. The summed E-state index contributed by atoms with van der Waals surface area (Å²) in [6.07, 6.45) is 0. The van der Waals surface area contributed by atoms with E-state index in [-0.39, 0.29) is 12.4 Å². The standard InChI is InChI=1S/C27H22F2N4O2/c1-16-7-5-10-19(13-16)25-31-26(35-32-25)23-17(2)33(15-20-8-3-4-12-22(20)29)27(34)30-24(23)18-9-6-11-21(28)14-18/h3-14,24H,15H2,1-2H3,(H,30,34). The van der Waals surface area contributed by atoms with Gasteiger partial charge in [-0.25, -0.2) is 13.6 Å². The Morgan fingerprint density at radius 3 is 2.57 bits per heavy atom.